The molecule has 0 bridgehead atoms. The first-order chi connectivity index (χ1) is 10.9. The molecule has 0 aliphatic heterocycles. The number of hydrogen-bond donors (Lipinski definition) is 1. The van der Waals surface area contributed by atoms with Crippen LogP contribution in [0.25, 0.3) is 11.0 Å². The van der Waals surface area contributed by atoms with E-state index in [1.54, 1.807) is 30.3 Å². The Morgan fingerprint density at radius 1 is 1.22 bits per heavy atom. The smallest absolute Gasteiger partial charge is 0.197 e. The van der Waals surface area contributed by atoms with Crippen LogP contribution in [0.1, 0.15) is 28.6 Å². The molecule has 1 heterocycles. The summed E-state index contributed by atoms with van der Waals surface area (Å²) in [5, 5.41) is 11.0. The number of hydrogen-bond acceptors (Lipinski definition) is 3. The molecule has 3 rings (SSSR count). The molecule has 0 unspecified atom stereocenters. The second kappa shape index (κ2) is 6.30. The van der Waals surface area contributed by atoms with Gasteiger partial charge < -0.3 is 9.52 Å². The Labute approximate surface area is 154 Å². The third kappa shape index (κ3) is 2.93. The van der Waals surface area contributed by atoms with Crippen LogP contribution in [-0.2, 0) is 6.42 Å². The van der Waals surface area contributed by atoms with E-state index in [-0.39, 0.29) is 11.5 Å². The molecule has 0 aliphatic rings. The lowest BCUT2D eigenvalue weighted by Crippen LogP contribution is -2.03. The predicted octanol–water partition coefficient (Wildman–Crippen LogP) is 6.11. The van der Waals surface area contributed by atoms with Crippen LogP contribution in [0.5, 0.6) is 5.75 Å². The largest absolute Gasteiger partial charge is 0.506 e. The minimum absolute atomic E-state index is 0.0531. The van der Waals surface area contributed by atoms with E-state index in [0.29, 0.717) is 48.2 Å². The summed E-state index contributed by atoms with van der Waals surface area (Å²) in [4.78, 5) is 13.0. The molecule has 0 amide bonds. The predicted molar refractivity (Wildman–Crippen MR) is 97.5 cm³/mol. The Morgan fingerprint density at radius 3 is 2.48 bits per heavy atom. The van der Waals surface area contributed by atoms with Crippen LogP contribution in [0, 0.1) is 0 Å². The van der Waals surface area contributed by atoms with E-state index >= 15 is 0 Å². The molecule has 1 N–H and O–H groups in total. The topological polar surface area (TPSA) is 50.4 Å². The first-order valence-electron chi connectivity index (χ1n) is 6.86. The molecular formula is C17H11Br2ClO3. The fourth-order valence-corrected chi connectivity index (χ4v) is 3.82. The summed E-state index contributed by atoms with van der Waals surface area (Å²) in [5.41, 5.74) is 1.58. The molecule has 2 aromatic carbocycles. The van der Waals surface area contributed by atoms with Gasteiger partial charge in [0.1, 0.15) is 17.1 Å². The highest BCUT2D eigenvalue weighted by molar-refractivity contribution is 9.11. The number of rotatable bonds is 3. The van der Waals surface area contributed by atoms with Crippen molar-refractivity contribution in [3.63, 3.8) is 0 Å². The first-order valence-corrected chi connectivity index (χ1v) is 8.82. The summed E-state index contributed by atoms with van der Waals surface area (Å²) < 4.78 is 6.67. The summed E-state index contributed by atoms with van der Waals surface area (Å²) in [6.07, 6.45) is 0.591. The van der Waals surface area contributed by atoms with Crippen molar-refractivity contribution in [1.29, 1.82) is 0 Å². The van der Waals surface area contributed by atoms with Gasteiger partial charge in [-0.25, -0.2) is 0 Å². The van der Waals surface area contributed by atoms with Gasteiger partial charge in [0.2, 0.25) is 0 Å². The fourth-order valence-electron chi connectivity index (χ4n) is 2.46. The zero-order valence-corrected chi connectivity index (χ0v) is 15.9. The average Bonchev–Trinajstić information content (AvgIpc) is 2.89. The summed E-state index contributed by atoms with van der Waals surface area (Å²) in [7, 11) is 0. The molecule has 23 heavy (non-hydrogen) atoms. The maximum Gasteiger partial charge on any atom is 0.197 e. The summed E-state index contributed by atoms with van der Waals surface area (Å²) >= 11 is 12.6. The number of halogens is 3. The number of ketones is 1. The van der Waals surface area contributed by atoms with Gasteiger partial charge in [-0.05, 0) is 62.2 Å². The molecule has 0 atom stereocenters. The molecule has 0 saturated carbocycles. The van der Waals surface area contributed by atoms with Crippen molar-refractivity contribution in [2.75, 3.05) is 0 Å². The Morgan fingerprint density at radius 2 is 1.87 bits per heavy atom. The van der Waals surface area contributed by atoms with Gasteiger partial charge in [-0.2, -0.15) is 0 Å². The molecule has 1 aromatic heterocycles. The van der Waals surface area contributed by atoms with Gasteiger partial charge in [-0.1, -0.05) is 18.5 Å². The zero-order valence-electron chi connectivity index (χ0n) is 12.0. The monoisotopic (exact) mass is 456 g/mol. The normalized spacial score (nSPS) is 11.1. The minimum Gasteiger partial charge on any atom is -0.506 e. The summed E-state index contributed by atoms with van der Waals surface area (Å²) in [6.45, 7) is 1.93. The van der Waals surface area contributed by atoms with Crippen LogP contribution < -0.4 is 0 Å². The van der Waals surface area contributed by atoms with Crippen molar-refractivity contribution >= 4 is 60.2 Å². The van der Waals surface area contributed by atoms with Crippen molar-refractivity contribution < 1.29 is 14.3 Å². The highest BCUT2D eigenvalue weighted by Crippen LogP contribution is 2.36. The number of furan rings is 1. The number of carbonyl (C=O) groups is 1. The molecule has 0 aliphatic carbocycles. The van der Waals surface area contributed by atoms with Crippen molar-refractivity contribution in [2.45, 2.75) is 13.3 Å². The van der Waals surface area contributed by atoms with Gasteiger partial charge in [0.15, 0.2) is 5.78 Å². The Bertz CT molecular complexity index is 908. The highest BCUT2D eigenvalue weighted by Gasteiger charge is 2.22. The van der Waals surface area contributed by atoms with E-state index in [9.17, 15) is 9.90 Å². The number of benzene rings is 2. The van der Waals surface area contributed by atoms with E-state index in [1.807, 2.05) is 6.92 Å². The van der Waals surface area contributed by atoms with Crippen LogP contribution in [0.4, 0.5) is 0 Å². The van der Waals surface area contributed by atoms with Crippen molar-refractivity contribution in [2.24, 2.45) is 0 Å². The number of phenolic OH excluding ortho intramolecular Hbond substituents is 1. The van der Waals surface area contributed by atoms with Crippen LogP contribution >= 0.6 is 43.5 Å². The lowest BCUT2D eigenvalue weighted by molar-refractivity contribution is 0.103. The van der Waals surface area contributed by atoms with Crippen LogP contribution in [0.2, 0.25) is 5.02 Å². The first kappa shape index (κ1) is 16.6. The lowest BCUT2D eigenvalue weighted by Gasteiger charge is -2.06. The molecule has 118 valence electrons. The van der Waals surface area contributed by atoms with Crippen molar-refractivity contribution in [3.05, 3.63) is 61.2 Å². The molecule has 0 saturated heterocycles. The van der Waals surface area contributed by atoms with Gasteiger partial charge in [0.25, 0.3) is 0 Å². The minimum atomic E-state index is -0.177. The average molecular weight is 459 g/mol. The van der Waals surface area contributed by atoms with Crippen LogP contribution in [-0.4, -0.2) is 10.9 Å². The molecule has 0 fully saturated rings. The van der Waals surface area contributed by atoms with E-state index in [4.69, 9.17) is 16.0 Å². The van der Waals surface area contributed by atoms with Crippen LogP contribution in [0.3, 0.4) is 0 Å². The van der Waals surface area contributed by atoms with Gasteiger partial charge in [-0.15, -0.1) is 0 Å². The van der Waals surface area contributed by atoms with Crippen molar-refractivity contribution in [1.82, 2.24) is 0 Å². The van der Waals surface area contributed by atoms with Crippen LogP contribution in [0.15, 0.2) is 43.7 Å². The Balaban J connectivity index is 2.23. The molecule has 3 nitrogen and oxygen atoms in total. The molecule has 6 heteroatoms. The SMILES string of the molecule is CCc1oc2ccc(Cl)cc2c1C(=O)c1cc(Br)c(O)c(Br)c1. The fraction of sp³-hybridized carbons (Fsp3) is 0.118. The lowest BCUT2D eigenvalue weighted by atomic mass is 9.99. The maximum absolute atomic E-state index is 13.0. The molecule has 3 aromatic rings. The number of aryl methyl sites for hydroxylation is 1. The van der Waals surface area contributed by atoms with E-state index in [2.05, 4.69) is 31.9 Å². The van der Waals surface area contributed by atoms with E-state index in [1.165, 1.54) is 0 Å². The van der Waals surface area contributed by atoms with Gasteiger partial charge in [0, 0.05) is 22.4 Å². The quantitative estimate of drug-likeness (QED) is 0.482. The number of phenols is 1. The Hall–Kier alpha value is -1.30. The number of fused-ring (bicyclic) bond motifs is 1. The van der Waals surface area contributed by atoms with Gasteiger partial charge in [0.05, 0.1) is 14.5 Å². The maximum atomic E-state index is 13.0. The molecule has 0 radical (unpaired) electrons. The third-order valence-electron chi connectivity index (χ3n) is 3.55. The zero-order chi connectivity index (χ0) is 16.7. The highest BCUT2D eigenvalue weighted by atomic mass is 79.9. The summed E-state index contributed by atoms with van der Waals surface area (Å²) in [5.74, 6) is 0.495. The van der Waals surface area contributed by atoms with Gasteiger partial charge in [-0.3, -0.25) is 4.79 Å². The number of aromatic hydroxyl groups is 1. The molecule has 0 spiro atoms. The van der Waals surface area contributed by atoms with E-state index in [0.717, 1.165) is 0 Å². The number of carbonyl (C=O) groups excluding carboxylic acids is 1. The second-order valence-electron chi connectivity index (χ2n) is 5.01. The summed E-state index contributed by atoms with van der Waals surface area (Å²) in [6, 6.07) is 8.40. The van der Waals surface area contributed by atoms with Gasteiger partial charge >= 0.3 is 0 Å². The van der Waals surface area contributed by atoms with E-state index < -0.39 is 0 Å². The third-order valence-corrected chi connectivity index (χ3v) is 4.99. The molecular weight excluding hydrogens is 447 g/mol. The standard InChI is InChI=1S/C17H11Br2ClO3/c1-2-13-15(10-7-9(20)3-4-14(10)23-13)16(21)8-5-11(18)17(22)12(19)6-8/h3-7,22H,2H2,1H3. The van der Waals surface area contributed by atoms with Crippen molar-refractivity contribution in [3.8, 4) is 5.75 Å². The second-order valence-corrected chi connectivity index (χ2v) is 7.16. The Kier molecular flexibility index (Phi) is 4.54.